The third-order valence-corrected chi connectivity index (χ3v) is 5.62. The molecule has 3 rings (SSSR count). The van der Waals surface area contributed by atoms with Crippen molar-refractivity contribution in [3.63, 3.8) is 0 Å². The zero-order chi connectivity index (χ0) is 21.7. The first-order chi connectivity index (χ1) is 14.4. The second-order valence-electron chi connectivity index (χ2n) is 7.97. The lowest BCUT2D eigenvalue weighted by Crippen LogP contribution is -2.57. The number of primary amides is 1. The summed E-state index contributed by atoms with van der Waals surface area (Å²) >= 11 is 0. The second kappa shape index (κ2) is 9.73. The molecule has 1 aromatic heterocycles. The Kier molecular flexibility index (Phi) is 7.07. The topological polar surface area (TPSA) is 150 Å². The lowest BCUT2D eigenvalue weighted by Gasteiger charge is -2.29. The van der Waals surface area contributed by atoms with Crippen LogP contribution in [-0.4, -0.2) is 63.2 Å². The average molecular weight is 418 g/mol. The Bertz CT molecular complexity index is 807. The molecule has 2 aliphatic heterocycles. The number of carbonyl (C=O) groups is 4. The number of rotatable bonds is 8. The Labute approximate surface area is 175 Å². The summed E-state index contributed by atoms with van der Waals surface area (Å²) in [5.41, 5.74) is 6.19. The van der Waals surface area contributed by atoms with Gasteiger partial charge in [0.05, 0.1) is 0 Å². The maximum atomic E-state index is 13.3. The largest absolute Gasteiger partial charge is 0.368 e. The summed E-state index contributed by atoms with van der Waals surface area (Å²) in [6.45, 7) is 2.47. The molecule has 0 radical (unpaired) electrons. The molecule has 10 nitrogen and oxygen atoms in total. The highest BCUT2D eigenvalue weighted by Crippen LogP contribution is 2.19. The van der Waals surface area contributed by atoms with E-state index < -0.39 is 29.9 Å². The minimum Gasteiger partial charge on any atom is -0.368 e. The van der Waals surface area contributed by atoms with Crippen molar-refractivity contribution in [2.24, 2.45) is 5.73 Å². The van der Waals surface area contributed by atoms with Gasteiger partial charge in [-0.15, -0.1) is 0 Å². The van der Waals surface area contributed by atoms with Gasteiger partial charge in [0, 0.05) is 37.7 Å². The molecule has 164 valence electrons. The fraction of sp³-hybridized carbons (Fsp3) is 0.650. The van der Waals surface area contributed by atoms with Crippen molar-refractivity contribution in [3.8, 4) is 0 Å². The van der Waals surface area contributed by atoms with Gasteiger partial charge >= 0.3 is 0 Å². The number of aromatic amines is 1. The second-order valence-corrected chi connectivity index (χ2v) is 7.97. The van der Waals surface area contributed by atoms with Crippen LogP contribution >= 0.6 is 0 Å². The van der Waals surface area contributed by atoms with Crippen molar-refractivity contribution in [1.29, 1.82) is 0 Å². The SMILES string of the molecule is CCCc1ncc(C[C@H](NC(=O)[C@@H]2CCCC(=O)N2)C(=O)N2CCC[C@H]2C(N)=O)[nH]1. The molecule has 3 heterocycles. The van der Waals surface area contributed by atoms with Crippen molar-refractivity contribution in [2.45, 2.75) is 76.4 Å². The van der Waals surface area contributed by atoms with Crippen LogP contribution in [0.5, 0.6) is 0 Å². The minimum absolute atomic E-state index is 0.171. The molecule has 3 atom stereocenters. The molecule has 0 bridgehead atoms. The Morgan fingerprint density at radius 2 is 2.13 bits per heavy atom. The number of aryl methyl sites for hydroxylation is 1. The smallest absolute Gasteiger partial charge is 0.246 e. The van der Waals surface area contributed by atoms with Crippen LogP contribution in [-0.2, 0) is 32.0 Å². The van der Waals surface area contributed by atoms with E-state index in [-0.39, 0.29) is 18.2 Å². The molecule has 10 heteroatoms. The molecule has 30 heavy (non-hydrogen) atoms. The quantitative estimate of drug-likeness (QED) is 0.450. The number of amides is 4. The van der Waals surface area contributed by atoms with Crippen LogP contribution < -0.4 is 16.4 Å². The molecule has 0 aromatic carbocycles. The molecule has 2 saturated heterocycles. The van der Waals surface area contributed by atoms with Crippen LogP contribution in [0, 0.1) is 0 Å². The number of hydrogen-bond acceptors (Lipinski definition) is 5. The number of nitrogens with one attached hydrogen (secondary N) is 3. The van der Waals surface area contributed by atoms with Crippen LogP contribution in [0.1, 0.15) is 57.0 Å². The van der Waals surface area contributed by atoms with Crippen molar-refractivity contribution in [3.05, 3.63) is 17.7 Å². The van der Waals surface area contributed by atoms with Crippen molar-refractivity contribution in [2.75, 3.05) is 6.54 Å². The van der Waals surface area contributed by atoms with Gasteiger partial charge in [0.2, 0.25) is 23.6 Å². The average Bonchev–Trinajstić information content (AvgIpc) is 3.37. The Morgan fingerprint density at radius 3 is 2.83 bits per heavy atom. The lowest BCUT2D eigenvalue weighted by atomic mass is 10.0. The maximum Gasteiger partial charge on any atom is 0.246 e. The van der Waals surface area contributed by atoms with Crippen LogP contribution in [0.2, 0.25) is 0 Å². The summed E-state index contributed by atoms with van der Waals surface area (Å²) in [5, 5.41) is 5.46. The summed E-state index contributed by atoms with van der Waals surface area (Å²) in [5.74, 6) is -0.642. The van der Waals surface area contributed by atoms with Gasteiger partial charge in [-0.2, -0.15) is 0 Å². The predicted octanol–water partition coefficient (Wildman–Crippen LogP) is -0.465. The van der Waals surface area contributed by atoms with E-state index in [2.05, 4.69) is 20.6 Å². The molecule has 2 aliphatic rings. The summed E-state index contributed by atoms with van der Waals surface area (Å²) in [6.07, 6.45) is 6.34. The first-order valence-electron chi connectivity index (χ1n) is 10.6. The van der Waals surface area contributed by atoms with E-state index in [0.717, 1.165) is 24.4 Å². The van der Waals surface area contributed by atoms with Gasteiger partial charge in [0.15, 0.2) is 0 Å². The third kappa shape index (κ3) is 5.17. The molecular weight excluding hydrogens is 388 g/mol. The highest BCUT2D eigenvalue weighted by molar-refractivity contribution is 5.94. The maximum absolute atomic E-state index is 13.3. The van der Waals surface area contributed by atoms with Crippen LogP contribution in [0.4, 0.5) is 0 Å². The van der Waals surface area contributed by atoms with Gasteiger partial charge in [-0.25, -0.2) is 4.98 Å². The van der Waals surface area contributed by atoms with Gasteiger partial charge in [0.25, 0.3) is 0 Å². The van der Waals surface area contributed by atoms with E-state index in [4.69, 9.17) is 5.73 Å². The number of H-pyrrole nitrogens is 1. The van der Waals surface area contributed by atoms with E-state index in [1.807, 2.05) is 6.92 Å². The van der Waals surface area contributed by atoms with Crippen LogP contribution in [0.15, 0.2) is 6.20 Å². The molecular formula is C20H30N6O4. The highest BCUT2D eigenvalue weighted by atomic mass is 16.2. The first-order valence-corrected chi connectivity index (χ1v) is 10.6. The number of carbonyl (C=O) groups excluding carboxylic acids is 4. The number of nitrogens with two attached hydrogens (primary N) is 1. The summed E-state index contributed by atoms with van der Waals surface area (Å²) in [6, 6.07) is -2.21. The number of likely N-dealkylation sites (tertiary alicyclic amines) is 1. The van der Waals surface area contributed by atoms with Crippen molar-refractivity contribution in [1.82, 2.24) is 25.5 Å². The van der Waals surface area contributed by atoms with Crippen molar-refractivity contribution >= 4 is 23.6 Å². The van der Waals surface area contributed by atoms with E-state index in [1.165, 1.54) is 4.90 Å². The van der Waals surface area contributed by atoms with Gasteiger partial charge in [-0.05, 0) is 32.1 Å². The number of piperidine rings is 1. The fourth-order valence-corrected chi connectivity index (χ4v) is 4.09. The zero-order valence-electron chi connectivity index (χ0n) is 17.3. The molecule has 0 unspecified atom stereocenters. The third-order valence-electron chi connectivity index (χ3n) is 5.62. The molecule has 4 amide bonds. The van der Waals surface area contributed by atoms with E-state index in [1.54, 1.807) is 6.20 Å². The monoisotopic (exact) mass is 418 g/mol. The highest BCUT2D eigenvalue weighted by Gasteiger charge is 2.38. The Morgan fingerprint density at radius 1 is 1.33 bits per heavy atom. The van der Waals surface area contributed by atoms with Crippen molar-refractivity contribution < 1.29 is 19.2 Å². The van der Waals surface area contributed by atoms with Gasteiger partial charge in [-0.1, -0.05) is 6.92 Å². The Balaban J connectivity index is 1.76. The minimum atomic E-state index is -0.883. The van der Waals surface area contributed by atoms with Gasteiger partial charge in [0.1, 0.15) is 23.9 Å². The van der Waals surface area contributed by atoms with Gasteiger partial charge in [-0.3, -0.25) is 19.2 Å². The Hall–Kier alpha value is -2.91. The van der Waals surface area contributed by atoms with E-state index in [9.17, 15) is 19.2 Å². The molecule has 5 N–H and O–H groups in total. The standard InChI is InChI=1S/C20H30N6O4/c1-2-5-16-22-11-12(23-16)10-14(20(30)26-9-4-7-15(26)18(21)28)25-19(29)13-6-3-8-17(27)24-13/h11,13-15H,2-10H2,1H3,(H2,21,28)(H,22,23)(H,24,27)(H,25,29)/t13-,14-,15-/m0/s1. The summed E-state index contributed by atoms with van der Waals surface area (Å²) < 4.78 is 0. The number of nitrogens with zero attached hydrogens (tertiary/aromatic N) is 2. The number of imidazole rings is 1. The normalized spacial score (nSPS) is 22.4. The van der Waals surface area contributed by atoms with Crippen LogP contribution in [0.25, 0.3) is 0 Å². The van der Waals surface area contributed by atoms with E-state index in [0.29, 0.717) is 38.6 Å². The van der Waals surface area contributed by atoms with E-state index >= 15 is 0 Å². The summed E-state index contributed by atoms with van der Waals surface area (Å²) in [7, 11) is 0. The summed E-state index contributed by atoms with van der Waals surface area (Å²) in [4.78, 5) is 58.4. The zero-order valence-corrected chi connectivity index (χ0v) is 17.3. The van der Waals surface area contributed by atoms with Crippen LogP contribution in [0.3, 0.4) is 0 Å². The molecule has 0 spiro atoms. The fourth-order valence-electron chi connectivity index (χ4n) is 4.09. The molecule has 2 fully saturated rings. The predicted molar refractivity (Wildman–Crippen MR) is 108 cm³/mol. The molecule has 1 aromatic rings. The first kappa shape index (κ1) is 21.8. The number of aromatic nitrogens is 2. The molecule has 0 aliphatic carbocycles. The lowest BCUT2D eigenvalue weighted by molar-refractivity contribution is -0.141. The van der Waals surface area contributed by atoms with Gasteiger partial charge < -0.3 is 26.3 Å². The number of hydrogen-bond donors (Lipinski definition) is 4. The molecule has 0 saturated carbocycles.